The summed E-state index contributed by atoms with van der Waals surface area (Å²) in [5, 5.41) is 1.81. The number of carbonyl (C=O) groups is 2. The molecule has 4 nitrogen and oxygen atoms in total. The van der Waals surface area contributed by atoms with E-state index in [-0.39, 0.29) is 11.8 Å². The highest BCUT2D eigenvalue weighted by Gasteiger charge is 2.18. The molecule has 22 heavy (non-hydrogen) atoms. The SMILES string of the molecule is O=C(NNC(=O)c1cccs1)c1ccc(C2SCCS2)cc1. The minimum absolute atomic E-state index is 0.307. The van der Waals surface area contributed by atoms with E-state index in [0.717, 1.165) is 0 Å². The molecular formula is C15H14N2O2S3. The van der Waals surface area contributed by atoms with E-state index in [0.29, 0.717) is 15.0 Å². The third-order valence-electron chi connectivity index (χ3n) is 3.10. The number of nitrogens with one attached hydrogen (secondary N) is 2. The van der Waals surface area contributed by atoms with E-state index in [2.05, 4.69) is 10.9 Å². The molecule has 0 bridgehead atoms. The molecular weight excluding hydrogens is 336 g/mol. The number of carbonyl (C=O) groups excluding carboxylic acids is 2. The number of rotatable bonds is 3. The van der Waals surface area contributed by atoms with E-state index in [1.165, 1.54) is 28.4 Å². The molecule has 114 valence electrons. The first-order valence-corrected chi connectivity index (χ1v) is 9.69. The van der Waals surface area contributed by atoms with Crippen LogP contribution in [0, 0.1) is 0 Å². The molecule has 1 saturated heterocycles. The van der Waals surface area contributed by atoms with Gasteiger partial charge in [0.15, 0.2) is 0 Å². The van der Waals surface area contributed by atoms with Gasteiger partial charge >= 0.3 is 0 Å². The number of hydrogen-bond acceptors (Lipinski definition) is 5. The second-order valence-electron chi connectivity index (χ2n) is 4.58. The molecule has 1 aliphatic rings. The van der Waals surface area contributed by atoms with Gasteiger partial charge in [-0.3, -0.25) is 20.4 Å². The first-order valence-electron chi connectivity index (χ1n) is 6.71. The lowest BCUT2D eigenvalue weighted by molar-refractivity contribution is 0.0849. The van der Waals surface area contributed by atoms with Crippen LogP contribution in [0.25, 0.3) is 0 Å². The number of hydrazine groups is 1. The molecule has 2 heterocycles. The van der Waals surface area contributed by atoms with Crippen molar-refractivity contribution in [3.05, 3.63) is 57.8 Å². The van der Waals surface area contributed by atoms with Crippen molar-refractivity contribution in [3.63, 3.8) is 0 Å². The summed E-state index contributed by atoms with van der Waals surface area (Å²) in [6, 6.07) is 11.0. The largest absolute Gasteiger partial charge is 0.279 e. The lowest BCUT2D eigenvalue weighted by atomic mass is 10.1. The molecule has 1 fully saturated rings. The maximum Gasteiger partial charge on any atom is 0.279 e. The van der Waals surface area contributed by atoms with Crippen LogP contribution in [-0.2, 0) is 0 Å². The normalized spacial score (nSPS) is 14.7. The van der Waals surface area contributed by atoms with Gasteiger partial charge in [-0.05, 0) is 29.1 Å². The van der Waals surface area contributed by atoms with E-state index < -0.39 is 0 Å². The second kappa shape index (κ2) is 7.21. The fraction of sp³-hybridized carbons (Fsp3) is 0.200. The zero-order valence-corrected chi connectivity index (χ0v) is 14.0. The van der Waals surface area contributed by atoms with Crippen molar-refractivity contribution in [2.24, 2.45) is 0 Å². The Morgan fingerprint density at radius 1 is 0.955 bits per heavy atom. The summed E-state index contributed by atoms with van der Waals surface area (Å²) in [6.07, 6.45) is 0. The minimum Gasteiger partial charge on any atom is -0.267 e. The standard InChI is InChI=1S/C15H14N2O2S3/c18-13(16-17-14(19)12-2-1-7-20-12)10-3-5-11(6-4-10)15-21-8-9-22-15/h1-7,15H,8-9H2,(H,16,18)(H,17,19). The molecule has 2 amide bonds. The summed E-state index contributed by atoms with van der Waals surface area (Å²) in [5.41, 5.74) is 6.61. The predicted octanol–water partition coefficient (Wildman–Crippen LogP) is 3.30. The zero-order chi connectivity index (χ0) is 15.4. The lowest BCUT2D eigenvalue weighted by Gasteiger charge is -2.10. The van der Waals surface area contributed by atoms with Crippen molar-refractivity contribution in [1.29, 1.82) is 0 Å². The van der Waals surface area contributed by atoms with Gasteiger partial charge in [-0.2, -0.15) is 0 Å². The Morgan fingerprint density at radius 2 is 1.64 bits per heavy atom. The van der Waals surface area contributed by atoms with Crippen molar-refractivity contribution in [2.45, 2.75) is 4.58 Å². The van der Waals surface area contributed by atoms with Crippen LogP contribution in [0.5, 0.6) is 0 Å². The monoisotopic (exact) mass is 350 g/mol. The Bertz CT molecular complexity index is 650. The average molecular weight is 350 g/mol. The highest BCUT2D eigenvalue weighted by Crippen LogP contribution is 2.45. The molecule has 7 heteroatoms. The van der Waals surface area contributed by atoms with Crippen molar-refractivity contribution < 1.29 is 9.59 Å². The van der Waals surface area contributed by atoms with Crippen molar-refractivity contribution in [2.75, 3.05) is 11.5 Å². The third-order valence-corrected chi connectivity index (χ3v) is 7.07. The summed E-state index contributed by atoms with van der Waals surface area (Å²) in [4.78, 5) is 24.3. The average Bonchev–Trinajstić information content (AvgIpc) is 3.25. The molecule has 0 radical (unpaired) electrons. The topological polar surface area (TPSA) is 58.2 Å². The predicted molar refractivity (Wildman–Crippen MR) is 93.4 cm³/mol. The van der Waals surface area contributed by atoms with Gasteiger partial charge in [0.05, 0.1) is 9.46 Å². The van der Waals surface area contributed by atoms with Crippen LogP contribution in [0.15, 0.2) is 41.8 Å². The molecule has 1 aliphatic heterocycles. The van der Waals surface area contributed by atoms with E-state index in [1.54, 1.807) is 24.3 Å². The first kappa shape index (κ1) is 15.5. The number of benzene rings is 1. The smallest absolute Gasteiger partial charge is 0.267 e. The number of thioether (sulfide) groups is 2. The Hall–Kier alpha value is -1.44. The van der Waals surface area contributed by atoms with Gasteiger partial charge in [0, 0.05) is 17.1 Å². The second-order valence-corrected chi connectivity index (χ2v) is 8.25. The van der Waals surface area contributed by atoms with Crippen LogP contribution in [0.4, 0.5) is 0 Å². The number of thiophene rings is 1. The summed E-state index contributed by atoms with van der Waals surface area (Å²) in [7, 11) is 0. The summed E-state index contributed by atoms with van der Waals surface area (Å²) in [6.45, 7) is 0. The van der Waals surface area contributed by atoms with Crippen LogP contribution < -0.4 is 10.9 Å². The fourth-order valence-electron chi connectivity index (χ4n) is 2.00. The summed E-state index contributed by atoms with van der Waals surface area (Å²) in [5.74, 6) is 1.72. The van der Waals surface area contributed by atoms with Crippen LogP contribution in [0.1, 0.15) is 30.2 Å². The van der Waals surface area contributed by atoms with Crippen molar-refractivity contribution >= 4 is 46.7 Å². The molecule has 0 aliphatic carbocycles. The van der Waals surface area contributed by atoms with Gasteiger partial charge < -0.3 is 0 Å². The summed E-state index contributed by atoms with van der Waals surface area (Å²) >= 11 is 5.18. The molecule has 3 rings (SSSR count). The zero-order valence-electron chi connectivity index (χ0n) is 11.6. The maximum atomic E-state index is 12.0. The van der Waals surface area contributed by atoms with Crippen LogP contribution in [0.2, 0.25) is 0 Å². The Kier molecular flexibility index (Phi) is 5.07. The van der Waals surface area contributed by atoms with Crippen molar-refractivity contribution in [3.8, 4) is 0 Å². The third kappa shape index (κ3) is 3.66. The molecule has 0 spiro atoms. The molecule has 0 saturated carbocycles. The summed E-state index contributed by atoms with van der Waals surface area (Å²) < 4.78 is 0.468. The van der Waals surface area contributed by atoms with E-state index >= 15 is 0 Å². The Morgan fingerprint density at radius 3 is 2.27 bits per heavy atom. The molecule has 0 unspecified atom stereocenters. The van der Waals surface area contributed by atoms with Crippen LogP contribution in [0.3, 0.4) is 0 Å². The quantitative estimate of drug-likeness (QED) is 0.834. The van der Waals surface area contributed by atoms with E-state index in [9.17, 15) is 9.59 Å². The number of amides is 2. The minimum atomic E-state index is -0.316. The van der Waals surface area contributed by atoms with Gasteiger partial charge in [0.2, 0.25) is 0 Å². The highest BCUT2D eigenvalue weighted by atomic mass is 32.2. The van der Waals surface area contributed by atoms with E-state index in [4.69, 9.17) is 0 Å². The molecule has 2 aromatic rings. The van der Waals surface area contributed by atoms with Gasteiger partial charge in [0.1, 0.15) is 0 Å². The lowest BCUT2D eigenvalue weighted by Crippen LogP contribution is -2.41. The molecule has 0 atom stereocenters. The van der Waals surface area contributed by atoms with Crippen LogP contribution in [-0.4, -0.2) is 23.3 Å². The van der Waals surface area contributed by atoms with Crippen LogP contribution >= 0.6 is 34.9 Å². The van der Waals surface area contributed by atoms with E-state index in [1.807, 2.05) is 41.0 Å². The first-order chi connectivity index (χ1) is 10.7. The Balaban J connectivity index is 1.56. The van der Waals surface area contributed by atoms with Gasteiger partial charge in [0.25, 0.3) is 11.8 Å². The molecule has 1 aromatic heterocycles. The van der Waals surface area contributed by atoms with Gasteiger partial charge in [-0.15, -0.1) is 34.9 Å². The van der Waals surface area contributed by atoms with Crippen molar-refractivity contribution in [1.82, 2.24) is 10.9 Å². The van der Waals surface area contributed by atoms with Gasteiger partial charge in [-0.25, -0.2) is 0 Å². The Labute approximate surface area is 141 Å². The number of hydrogen-bond donors (Lipinski definition) is 2. The molecule has 2 N–H and O–H groups in total. The highest BCUT2D eigenvalue weighted by molar-refractivity contribution is 8.19. The van der Waals surface area contributed by atoms with Gasteiger partial charge in [-0.1, -0.05) is 18.2 Å². The molecule has 1 aromatic carbocycles. The maximum absolute atomic E-state index is 12.0. The fourth-order valence-corrected chi connectivity index (χ4v) is 5.48.